The summed E-state index contributed by atoms with van der Waals surface area (Å²) in [5.74, 6) is -0.0427. The number of benzene rings is 1. The monoisotopic (exact) mass is 312 g/mol. The van der Waals surface area contributed by atoms with Crippen LogP contribution in [0.1, 0.15) is 32.8 Å². The molecule has 0 spiro atoms. The second kappa shape index (κ2) is 7.56. The summed E-state index contributed by atoms with van der Waals surface area (Å²) in [7, 11) is -3.52. The van der Waals surface area contributed by atoms with Crippen molar-refractivity contribution in [3.05, 3.63) is 29.8 Å². The van der Waals surface area contributed by atoms with Gasteiger partial charge in [-0.1, -0.05) is 24.6 Å². The zero-order valence-electron chi connectivity index (χ0n) is 13.1. The normalized spacial score (nSPS) is 13.0. The molecule has 118 valence electrons. The molecule has 0 saturated carbocycles. The average Bonchev–Trinajstić information content (AvgIpc) is 2.43. The second-order valence-electron chi connectivity index (χ2n) is 5.18. The van der Waals surface area contributed by atoms with Gasteiger partial charge in [0, 0.05) is 26.1 Å². The third-order valence-corrected chi connectivity index (χ3v) is 4.98. The predicted molar refractivity (Wildman–Crippen MR) is 83.5 cm³/mol. The molecule has 6 heteroatoms. The van der Waals surface area contributed by atoms with Crippen LogP contribution in [0.3, 0.4) is 0 Å². The van der Waals surface area contributed by atoms with Crippen molar-refractivity contribution in [1.29, 1.82) is 0 Å². The quantitative estimate of drug-likeness (QED) is 0.836. The van der Waals surface area contributed by atoms with Crippen molar-refractivity contribution in [1.82, 2.24) is 9.62 Å². The van der Waals surface area contributed by atoms with Crippen LogP contribution in [0.2, 0.25) is 0 Å². The van der Waals surface area contributed by atoms with Gasteiger partial charge in [0.25, 0.3) is 0 Å². The van der Waals surface area contributed by atoms with E-state index < -0.39 is 10.0 Å². The summed E-state index contributed by atoms with van der Waals surface area (Å²) in [6.07, 6.45) is 0.838. The van der Waals surface area contributed by atoms with E-state index in [1.54, 1.807) is 29.2 Å². The Morgan fingerprint density at radius 3 is 2.33 bits per heavy atom. The third-order valence-electron chi connectivity index (χ3n) is 3.50. The van der Waals surface area contributed by atoms with Crippen molar-refractivity contribution in [3.8, 4) is 0 Å². The minimum Gasteiger partial charge on any atom is -0.339 e. The highest BCUT2D eigenvalue weighted by molar-refractivity contribution is 7.89. The van der Waals surface area contributed by atoms with Gasteiger partial charge in [0.1, 0.15) is 0 Å². The summed E-state index contributed by atoms with van der Waals surface area (Å²) in [4.78, 5) is 13.5. The topological polar surface area (TPSA) is 66.5 Å². The number of hydrogen-bond acceptors (Lipinski definition) is 3. The predicted octanol–water partition coefficient (Wildman–Crippen LogP) is 1.92. The molecular formula is C15H24N2O3S. The maximum Gasteiger partial charge on any atom is 0.240 e. The zero-order valence-corrected chi connectivity index (χ0v) is 13.9. The fraction of sp³-hybridized carbons (Fsp3) is 0.533. The van der Waals surface area contributed by atoms with Crippen LogP contribution in [0.25, 0.3) is 0 Å². The number of sulfonamides is 1. The van der Waals surface area contributed by atoms with E-state index in [0.717, 1.165) is 12.0 Å². The van der Waals surface area contributed by atoms with Crippen molar-refractivity contribution in [2.45, 2.75) is 45.1 Å². The Morgan fingerprint density at radius 2 is 1.86 bits per heavy atom. The highest BCUT2D eigenvalue weighted by Crippen LogP contribution is 2.10. The molecule has 0 bridgehead atoms. The van der Waals surface area contributed by atoms with E-state index in [1.807, 2.05) is 20.8 Å². The van der Waals surface area contributed by atoms with E-state index in [9.17, 15) is 13.2 Å². The summed E-state index contributed by atoms with van der Waals surface area (Å²) in [5.41, 5.74) is 1.01. The molecule has 0 aliphatic rings. The van der Waals surface area contributed by atoms with Crippen LogP contribution in [-0.4, -0.2) is 38.4 Å². The van der Waals surface area contributed by atoms with Crippen molar-refractivity contribution in [3.63, 3.8) is 0 Å². The van der Waals surface area contributed by atoms with Crippen LogP contribution in [0.5, 0.6) is 0 Å². The molecule has 0 radical (unpaired) electrons. The summed E-state index contributed by atoms with van der Waals surface area (Å²) < 4.78 is 26.8. The van der Waals surface area contributed by atoms with E-state index in [2.05, 4.69) is 4.72 Å². The first-order chi connectivity index (χ1) is 9.77. The molecule has 1 atom stereocenters. The molecule has 0 saturated heterocycles. The van der Waals surface area contributed by atoms with Crippen molar-refractivity contribution in [2.75, 3.05) is 13.1 Å². The number of aryl methyl sites for hydroxylation is 1. The minimum absolute atomic E-state index is 0.0427. The maximum atomic E-state index is 12.1. The summed E-state index contributed by atoms with van der Waals surface area (Å²) in [5, 5.41) is 0. The maximum absolute atomic E-state index is 12.1. The largest absolute Gasteiger partial charge is 0.339 e. The van der Waals surface area contributed by atoms with E-state index in [-0.39, 0.29) is 23.4 Å². The zero-order chi connectivity index (χ0) is 16.0. The molecule has 5 nitrogen and oxygen atoms in total. The fourth-order valence-corrected chi connectivity index (χ4v) is 3.03. The van der Waals surface area contributed by atoms with Crippen molar-refractivity contribution < 1.29 is 13.2 Å². The second-order valence-corrected chi connectivity index (χ2v) is 6.95. The first-order valence-electron chi connectivity index (χ1n) is 7.11. The van der Waals surface area contributed by atoms with Gasteiger partial charge in [-0.2, -0.15) is 0 Å². The Labute approximate surface area is 127 Å². The highest BCUT2D eigenvalue weighted by Gasteiger charge is 2.17. The van der Waals surface area contributed by atoms with Gasteiger partial charge in [0.15, 0.2) is 0 Å². The molecule has 1 unspecified atom stereocenters. The van der Waals surface area contributed by atoms with Gasteiger partial charge in [-0.3, -0.25) is 4.79 Å². The van der Waals surface area contributed by atoms with Gasteiger partial charge in [0.05, 0.1) is 4.90 Å². The Hall–Kier alpha value is -1.40. The number of rotatable bonds is 7. The van der Waals surface area contributed by atoms with Crippen LogP contribution in [-0.2, 0) is 14.8 Å². The summed E-state index contributed by atoms with van der Waals surface area (Å²) in [6.45, 7) is 7.93. The van der Waals surface area contributed by atoms with Crippen molar-refractivity contribution in [2.24, 2.45) is 0 Å². The lowest BCUT2D eigenvalue weighted by molar-refractivity contribution is -0.130. The van der Waals surface area contributed by atoms with E-state index in [0.29, 0.717) is 6.54 Å². The van der Waals surface area contributed by atoms with Crippen LogP contribution < -0.4 is 4.72 Å². The number of nitrogens with one attached hydrogen (secondary N) is 1. The molecule has 21 heavy (non-hydrogen) atoms. The molecule has 1 aromatic carbocycles. The summed E-state index contributed by atoms with van der Waals surface area (Å²) >= 11 is 0. The number of carbonyl (C=O) groups is 1. The Bertz CT molecular complexity index is 567. The molecule has 1 rings (SSSR count). The van der Waals surface area contributed by atoms with Crippen LogP contribution in [0.4, 0.5) is 0 Å². The molecule has 0 aliphatic heterocycles. The number of nitrogens with zero attached hydrogens (tertiary/aromatic N) is 1. The first-order valence-corrected chi connectivity index (χ1v) is 8.59. The highest BCUT2D eigenvalue weighted by atomic mass is 32.2. The van der Waals surface area contributed by atoms with E-state index in [4.69, 9.17) is 0 Å². The number of hydrogen-bond donors (Lipinski definition) is 1. The molecule has 0 fully saturated rings. The number of carbonyl (C=O) groups excluding carboxylic acids is 1. The van der Waals surface area contributed by atoms with Crippen LogP contribution in [0.15, 0.2) is 29.2 Å². The molecule has 1 aromatic rings. The molecule has 1 amide bonds. The van der Waals surface area contributed by atoms with E-state index >= 15 is 0 Å². The van der Waals surface area contributed by atoms with Crippen LogP contribution in [0, 0.1) is 6.92 Å². The standard InChI is InChI=1S/C15H24N2O3S/c1-5-13(3)17(14(4)18)11-10-16-21(19,20)15-8-6-12(2)7-9-15/h6-9,13,16H,5,10-11H2,1-4H3. The lowest BCUT2D eigenvalue weighted by Gasteiger charge is -2.27. The van der Waals surface area contributed by atoms with Gasteiger partial charge < -0.3 is 4.90 Å². The summed E-state index contributed by atoms with van der Waals surface area (Å²) in [6, 6.07) is 6.78. The molecule has 0 heterocycles. The van der Waals surface area contributed by atoms with Gasteiger partial charge in [0.2, 0.25) is 15.9 Å². The third kappa shape index (κ3) is 5.13. The molecular weight excluding hydrogens is 288 g/mol. The first kappa shape index (κ1) is 17.7. The SMILES string of the molecule is CCC(C)N(CCNS(=O)(=O)c1ccc(C)cc1)C(C)=O. The fourth-order valence-electron chi connectivity index (χ4n) is 2.01. The van der Waals surface area contributed by atoms with Crippen LogP contribution >= 0.6 is 0 Å². The molecule has 0 aliphatic carbocycles. The molecule has 1 N–H and O–H groups in total. The lowest BCUT2D eigenvalue weighted by Crippen LogP contribution is -2.42. The van der Waals surface area contributed by atoms with Crippen molar-refractivity contribution >= 4 is 15.9 Å². The molecule has 0 aromatic heterocycles. The van der Waals surface area contributed by atoms with Gasteiger partial charge in [-0.15, -0.1) is 0 Å². The Kier molecular flexibility index (Phi) is 6.36. The number of amides is 1. The smallest absolute Gasteiger partial charge is 0.240 e. The van der Waals surface area contributed by atoms with Gasteiger partial charge >= 0.3 is 0 Å². The Morgan fingerprint density at radius 1 is 1.29 bits per heavy atom. The lowest BCUT2D eigenvalue weighted by atomic mass is 10.2. The minimum atomic E-state index is -3.52. The van der Waals surface area contributed by atoms with Gasteiger partial charge in [-0.05, 0) is 32.4 Å². The van der Waals surface area contributed by atoms with E-state index in [1.165, 1.54) is 6.92 Å². The Balaban J connectivity index is 2.65. The average molecular weight is 312 g/mol. The van der Waals surface area contributed by atoms with Gasteiger partial charge in [-0.25, -0.2) is 13.1 Å².